The summed E-state index contributed by atoms with van der Waals surface area (Å²) in [5.74, 6) is -0.703. The number of esters is 3. The molecule has 0 saturated heterocycles. The fraction of sp³-hybridized carbons (Fsp3) is 0.808. The average Bonchev–Trinajstić information content (AvgIpc) is 3.33. The Bertz CT molecular complexity index is 1720. The Morgan fingerprint density at radius 2 is 1.05 bits per heavy atom. The Balaban J connectivity index is -0.000000437. The molecule has 2 unspecified atom stereocenters. The van der Waals surface area contributed by atoms with Crippen LogP contribution >= 0.6 is 0 Å². The summed E-state index contributed by atoms with van der Waals surface area (Å²) < 4.78 is 73.2. The summed E-state index contributed by atoms with van der Waals surface area (Å²) in [7, 11) is -4.61. The third-order valence-corrected chi connectivity index (χ3v) is 23.0. The minimum Gasteiger partial charge on any atom is -0.542 e. The second-order valence-corrected chi connectivity index (χ2v) is 33.9. The van der Waals surface area contributed by atoms with Gasteiger partial charge in [-0.1, -0.05) is 85.6 Å². The second kappa shape index (κ2) is 42.1. The van der Waals surface area contributed by atoms with E-state index >= 15 is 0 Å². The van der Waals surface area contributed by atoms with Gasteiger partial charge in [0.05, 0.1) is 65.7 Å². The molecule has 16 nitrogen and oxygen atoms in total. The third kappa shape index (κ3) is 39.2. The molecule has 0 N–H and O–H groups in total. The van der Waals surface area contributed by atoms with Crippen LogP contribution in [0.15, 0.2) is 24.3 Å². The van der Waals surface area contributed by atoms with Crippen molar-refractivity contribution in [3.05, 3.63) is 40.1 Å². The Morgan fingerprint density at radius 3 is 1.45 bits per heavy atom. The molecule has 1 amide bonds. The molecule has 73 heavy (non-hydrogen) atoms. The first-order valence-corrected chi connectivity index (χ1v) is 36.0. The zero-order chi connectivity index (χ0) is 56.2. The molecule has 21 heteroatoms. The molecule has 0 saturated carbocycles. The SMILES string of the molecule is CCC(C)(C)C(=O)OCCC[Si](OC)(OC)OC.CCC(C)c1ccc(C(=O)[N-]S(C)(=O)=O)cc1.CCCC[Si](C)(C)O[Si](C)(C)CCCOC(=O)C(C)(C)CC.CCOCCOCCOC(=O)C(C)CC.[K+]. The molecule has 0 bridgehead atoms. The summed E-state index contributed by atoms with van der Waals surface area (Å²) in [5, 5.41) is 0. The number of nitrogens with zero attached hydrogens (tertiary/aromatic N) is 1. The van der Waals surface area contributed by atoms with Gasteiger partial charge in [0.2, 0.25) is 0 Å². The van der Waals surface area contributed by atoms with E-state index in [2.05, 4.69) is 51.7 Å². The van der Waals surface area contributed by atoms with Crippen molar-refractivity contribution in [1.29, 1.82) is 0 Å². The van der Waals surface area contributed by atoms with Crippen LogP contribution in [0.5, 0.6) is 0 Å². The Labute approximate surface area is 490 Å². The van der Waals surface area contributed by atoms with Crippen LogP contribution in [0.3, 0.4) is 0 Å². The van der Waals surface area contributed by atoms with Gasteiger partial charge in [-0.15, -0.1) is 0 Å². The summed E-state index contributed by atoms with van der Waals surface area (Å²) in [5.41, 5.74) is 0.641. The second-order valence-electron chi connectivity index (χ2n) is 20.3. The first-order chi connectivity index (χ1) is 33.4. The zero-order valence-electron chi connectivity index (χ0n) is 49.7. The molecule has 0 aliphatic heterocycles. The molecule has 0 heterocycles. The Hall–Kier alpha value is -0.903. The van der Waals surface area contributed by atoms with Crippen LogP contribution in [-0.2, 0) is 65.5 Å². The fourth-order valence-corrected chi connectivity index (χ4v) is 17.2. The van der Waals surface area contributed by atoms with Crippen molar-refractivity contribution >= 4 is 59.3 Å². The number of sulfonamides is 1. The van der Waals surface area contributed by atoms with Gasteiger partial charge in [-0.05, 0) is 128 Å². The van der Waals surface area contributed by atoms with E-state index in [4.69, 9.17) is 41.1 Å². The fourth-order valence-electron chi connectivity index (χ4n) is 6.07. The normalized spacial score (nSPS) is 12.7. The van der Waals surface area contributed by atoms with Gasteiger partial charge in [-0.2, -0.15) is 0 Å². The van der Waals surface area contributed by atoms with Gasteiger partial charge < -0.3 is 50.6 Å². The predicted octanol–water partition coefficient (Wildman–Crippen LogP) is 9.12. The number of amides is 1. The van der Waals surface area contributed by atoms with Crippen molar-refractivity contribution in [2.75, 3.05) is 73.8 Å². The first kappa shape index (κ1) is 78.6. The van der Waals surface area contributed by atoms with E-state index in [9.17, 15) is 27.6 Å². The number of ether oxygens (including phenoxy) is 5. The van der Waals surface area contributed by atoms with Crippen molar-refractivity contribution < 1.29 is 120 Å². The van der Waals surface area contributed by atoms with Crippen LogP contribution < -0.4 is 51.4 Å². The van der Waals surface area contributed by atoms with Gasteiger partial charge in [-0.3, -0.25) is 14.4 Å². The summed E-state index contributed by atoms with van der Waals surface area (Å²) in [4.78, 5) is 46.3. The van der Waals surface area contributed by atoms with Crippen molar-refractivity contribution in [3.63, 3.8) is 0 Å². The molecule has 1 aromatic rings. The molecular formula is C52H102KNO15SSi3. The van der Waals surface area contributed by atoms with Crippen molar-refractivity contribution in [2.45, 2.75) is 185 Å². The van der Waals surface area contributed by atoms with Crippen LogP contribution in [-0.4, -0.2) is 132 Å². The number of unbranched alkanes of at least 4 members (excludes halogenated alkanes) is 1. The molecular weight excluding hydrogens is 1030 g/mol. The van der Waals surface area contributed by atoms with E-state index in [0.29, 0.717) is 70.2 Å². The van der Waals surface area contributed by atoms with Gasteiger partial charge >= 0.3 is 78.1 Å². The van der Waals surface area contributed by atoms with Gasteiger partial charge in [-0.25, -0.2) is 8.42 Å². The molecule has 1 rings (SSSR count). The molecule has 0 fully saturated rings. The summed E-state index contributed by atoms with van der Waals surface area (Å²) >= 11 is 0. The predicted molar refractivity (Wildman–Crippen MR) is 297 cm³/mol. The molecule has 0 spiro atoms. The quantitative estimate of drug-likeness (QED) is 0.0279. The summed E-state index contributed by atoms with van der Waals surface area (Å²) in [6.07, 6.45) is 8.41. The molecule has 0 radical (unpaired) electrons. The van der Waals surface area contributed by atoms with Crippen LogP contribution in [0.25, 0.3) is 4.72 Å². The van der Waals surface area contributed by atoms with E-state index < -0.39 is 46.8 Å². The standard InChI is InChI=1S/C17H38O3Si2.C12H17NO3S.C12H26O5Si.C11H22O4.K/c1-9-11-14-21(5,6)20-22(7,8)15-12-13-19-16(18)17(3,4)10-2;1-4-9(2)10-5-7-11(8-6-10)12(14)13-17(3,15)16;1-7-12(2,3)11(13)17-9-8-10-18(14-4,15-5)16-6;1-4-10(3)11(12)15-9-8-14-7-6-13-5-2;/h9-15H2,1-8H3;5-9H,4H2,1-3H3,(H,13,14);7-10H2,1-6H3;10H,4-9H2,1-3H3;/q;;;;+1/p-1. The average molecular weight is 1140 g/mol. The van der Waals surface area contributed by atoms with Crippen LogP contribution in [0.4, 0.5) is 0 Å². The largest absolute Gasteiger partial charge is 1.00 e. The number of carbonyl (C=O) groups excluding carboxylic acids is 4. The summed E-state index contributed by atoms with van der Waals surface area (Å²) in [6, 6.07) is 9.83. The maximum absolute atomic E-state index is 11.9. The molecule has 0 aliphatic rings. The van der Waals surface area contributed by atoms with Gasteiger partial charge in [0.25, 0.3) is 0 Å². The van der Waals surface area contributed by atoms with E-state index in [-0.39, 0.29) is 80.6 Å². The molecule has 0 aliphatic carbocycles. The molecule has 2 atom stereocenters. The van der Waals surface area contributed by atoms with E-state index in [1.54, 1.807) is 33.5 Å². The summed E-state index contributed by atoms with van der Waals surface area (Å²) in [6.45, 7) is 36.6. The van der Waals surface area contributed by atoms with Crippen LogP contribution in [0.1, 0.15) is 156 Å². The Kier molecular flexibility index (Phi) is 45.3. The first-order valence-electron chi connectivity index (χ1n) is 26.0. The molecule has 0 aromatic heterocycles. The van der Waals surface area contributed by atoms with Gasteiger partial charge in [0, 0.05) is 40.2 Å². The van der Waals surface area contributed by atoms with Crippen molar-refractivity contribution in [3.8, 4) is 0 Å². The minimum absolute atomic E-state index is 0. The topological polar surface area (TPSA) is 200 Å². The maximum Gasteiger partial charge on any atom is 1.00 e. The Morgan fingerprint density at radius 1 is 0.616 bits per heavy atom. The van der Waals surface area contributed by atoms with Gasteiger partial charge in [0.15, 0.2) is 16.6 Å². The van der Waals surface area contributed by atoms with Crippen molar-refractivity contribution in [1.82, 2.24) is 0 Å². The van der Waals surface area contributed by atoms with E-state index in [1.807, 2.05) is 74.4 Å². The zero-order valence-corrected chi connectivity index (χ0v) is 56.6. The third-order valence-electron chi connectivity index (χ3n) is 12.2. The van der Waals surface area contributed by atoms with E-state index in [1.165, 1.54) is 18.9 Å². The maximum atomic E-state index is 11.9. The number of benzene rings is 1. The molecule has 1 aromatic carbocycles. The number of hydrogen-bond acceptors (Lipinski definition) is 15. The number of carbonyl (C=O) groups is 4. The molecule has 424 valence electrons. The van der Waals surface area contributed by atoms with Crippen LogP contribution in [0, 0.1) is 16.7 Å². The minimum atomic E-state index is -3.63. The van der Waals surface area contributed by atoms with Gasteiger partial charge in [0.1, 0.15) is 6.61 Å². The number of rotatable bonds is 33. The van der Waals surface area contributed by atoms with Crippen LogP contribution in [0.2, 0.25) is 44.3 Å². The number of hydrogen-bond donors (Lipinski definition) is 0. The van der Waals surface area contributed by atoms with E-state index in [0.717, 1.165) is 50.0 Å². The smallest absolute Gasteiger partial charge is 0.542 e. The van der Waals surface area contributed by atoms with Crippen molar-refractivity contribution in [2.24, 2.45) is 16.7 Å². The monoisotopic (exact) mass is 1140 g/mol.